The highest BCUT2D eigenvalue weighted by Crippen LogP contribution is 2.22. The van der Waals surface area contributed by atoms with Crippen LogP contribution in [0, 0.1) is 6.92 Å². The van der Waals surface area contributed by atoms with Crippen molar-refractivity contribution in [3.8, 4) is 0 Å². The van der Waals surface area contributed by atoms with Gasteiger partial charge in [0.15, 0.2) is 0 Å². The van der Waals surface area contributed by atoms with Crippen LogP contribution in [0.25, 0.3) is 0 Å². The monoisotopic (exact) mass is 322 g/mol. The minimum atomic E-state index is -0.435. The van der Waals surface area contributed by atoms with Crippen LogP contribution in [0.5, 0.6) is 0 Å². The Bertz CT molecular complexity index is 742. The summed E-state index contributed by atoms with van der Waals surface area (Å²) in [4.78, 5) is 28.8. The van der Waals surface area contributed by atoms with Crippen molar-refractivity contribution >= 4 is 17.5 Å². The number of rotatable bonds is 3. The highest BCUT2D eigenvalue weighted by atomic mass is 16.2. The SMILES string of the molecule is Cc1cccc(N2CCN(C(=O)Cc3ccccc3)C(C)C2=O)c1. The van der Waals surface area contributed by atoms with Gasteiger partial charge < -0.3 is 9.80 Å². The Morgan fingerprint density at radius 3 is 2.54 bits per heavy atom. The molecule has 1 aliphatic rings. The van der Waals surface area contributed by atoms with Gasteiger partial charge in [0, 0.05) is 18.8 Å². The highest BCUT2D eigenvalue weighted by Gasteiger charge is 2.34. The van der Waals surface area contributed by atoms with Gasteiger partial charge in [-0.3, -0.25) is 9.59 Å². The van der Waals surface area contributed by atoms with Gasteiger partial charge in [-0.25, -0.2) is 0 Å². The second kappa shape index (κ2) is 6.87. The molecular formula is C20H22N2O2. The Morgan fingerprint density at radius 2 is 1.83 bits per heavy atom. The predicted octanol–water partition coefficient (Wildman–Crippen LogP) is 2.80. The molecule has 2 aromatic rings. The first-order valence-electron chi connectivity index (χ1n) is 8.27. The normalized spacial score (nSPS) is 17.9. The molecule has 1 heterocycles. The van der Waals surface area contributed by atoms with Gasteiger partial charge in [0.05, 0.1) is 6.42 Å². The fourth-order valence-corrected chi connectivity index (χ4v) is 3.14. The first kappa shape index (κ1) is 16.2. The first-order chi connectivity index (χ1) is 11.6. The van der Waals surface area contributed by atoms with E-state index in [0.717, 1.165) is 16.8 Å². The lowest BCUT2D eigenvalue weighted by Crippen LogP contribution is -2.58. The first-order valence-corrected chi connectivity index (χ1v) is 8.27. The smallest absolute Gasteiger partial charge is 0.249 e. The summed E-state index contributed by atoms with van der Waals surface area (Å²) in [5, 5.41) is 0. The average Bonchev–Trinajstić information content (AvgIpc) is 2.58. The second-order valence-corrected chi connectivity index (χ2v) is 6.25. The third-order valence-electron chi connectivity index (χ3n) is 4.49. The van der Waals surface area contributed by atoms with Gasteiger partial charge in [0.1, 0.15) is 6.04 Å². The van der Waals surface area contributed by atoms with E-state index in [-0.39, 0.29) is 11.8 Å². The van der Waals surface area contributed by atoms with Gasteiger partial charge in [0.2, 0.25) is 11.8 Å². The molecule has 1 fully saturated rings. The van der Waals surface area contributed by atoms with E-state index < -0.39 is 6.04 Å². The lowest BCUT2D eigenvalue weighted by Gasteiger charge is -2.39. The highest BCUT2D eigenvalue weighted by molar-refractivity contribution is 6.00. The molecule has 3 rings (SSSR count). The van der Waals surface area contributed by atoms with Crippen LogP contribution in [-0.2, 0) is 16.0 Å². The van der Waals surface area contributed by atoms with E-state index in [4.69, 9.17) is 0 Å². The molecule has 0 N–H and O–H groups in total. The van der Waals surface area contributed by atoms with Crippen molar-refractivity contribution in [1.82, 2.24) is 4.90 Å². The number of nitrogens with zero attached hydrogens (tertiary/aromatic N) is 2. The third kappa shape index (κ3) is 3.32. The van der Waals surface area contributed by atoms with Crippen molar-refractivity contribution in [3.63, 3.8) is 0 Å². The molecule has 2 aromatic carbocycles. The number of hydrogen-bond donors (Lipinski definition) is 0. The van der Waals surface area contributed by atoms with Gasteiger partial charge in [-0.15, -0.1) is 0 Å². The van der Waals surface area contributed by atoms with E-state index in [1.54, 1.807) is 9.80 Å². The maximum absolute atomic E-state index is 12.7. The zero-order valence-electron chi connectivity index (χ0n) is 14.1. The summed E-state index contributed by atoms with van der Waals surface area (Å²) in [6.07, 6.45) is 0.336. The lowest BCUT2D eigenvalue weighted by molar-refractivity contribution is -0.140. The molecule has 1 aliphatic heterocycles. The summed E-state index contributed by atoms with van der Waals surface area (Å²) in [6.45, 7) is 4.92. The van der Waals surface area contributed by atoms with E-state index in [9.17, 15) is 9.59 Å². The van der Waals surface area contributed by atoms with Crippen LogP contribution in [0.15, 0.2) is 54.6 Å². The van der Waals surface area contributed by atoms with Crippen molar-refractivity contribution in [3.05, 3.63) is 65.7 Å². The van der Waals surface area contributed by atoms with Crippen molar-refractivity contribution < 1.29 is 9.59 Å². The Hall–Kier alpha value is -2.62. The Morgan fingerprint density at radius 1 is 1.08 bits per heavy atom. The molecule has 1 atom stereocenters. The minimum Gasteiger partial charge on any atom is -0.329 e. The maximum atomic E-state index is 12.7. The molecule has 0 aromatic heterocycles. The molecule has 1 unspecified atom stereocenters. The molecule has 0 radical (unpaired) electrons. The van der Waals surface area contributed by atoms with Crippen LogP contribution in [0.1, 0.15) is 18.1 Å². The van der Waals surface area contributed by atoms with E-state index in [1.807, 2.05) is 68.4 Å². The predicted molar refractivity (Wildman–Crippen MR) is 94.9 cm³/mol. The zero-order chi connectivity index (χ0) is 17.1. The number of piperazine rings is 1. The Balaban J connectivity index is 1.71. The van der Waals surface area contributed by atoms with Crippen LogP contribution in [0.4, 0.5) is 5.69 Å². The quantitative estimate of drug-likeness (QED) is 0.872. The van der Waals surface area contributed by atoms with Crippen molar-refractivity contribution in [2.24, 2.45) is 0 Å². The number of amides is 2. The fraction of sp³-hybridized carbons (Fsp3) is 0.300. The molecular weight excluding hydrogens is 300 g/mol. The lowest BCUT2D eigenvalue weighted by atomic mass is 10.1. The standard InChI is InChI=1S/C20H22N2O2/c1-15-7-6-10-18(13-15)22-12-11-21(16(2)20(22)24)19(23)14-17-8-4-3-5-9-17/h3-10,13,16H,11-12,14H2,1-2H3. The summed E-state index contributed by atoms with van der Waals surface area (Å²) in [7, 11) is 0. The molecule has 1 saturated heterocycles. The molecule has 0 spiro atoms. The topological polar surface area (TPSA) is 40.6 Å². The van der Waals surface area contributed by atoms with Crippen LogP contribution < -0.4 is 4.90 Å². The minimum absolute atomic E-state index is 0.00550. The Labute approximate surface area is 142 Å². The third-order valence-corrected chi connectivity index (χ3v) is 4.49. The number of anilines is 1. The average molecular weight is 322 g/mol. The van der Waals surface area contributed by atoms with Crippen molar-refractivity contribution in [2.75, 3.05) is 18.0 Å². The van der Waals surface area contributed by atoms with Crippen LogP contribution in [0.2, 0.25) is 0 Å². The van der Waals surface area contributed by atoms with Gasteiger partial charge in [0.25, 0.3) is 0 Å². The summed E-state index contributed by atoms with van der Waals surface area (Å²) in [6, 6.07) is 17.1. The Kier molecular flexibility index (Phi) is 4.65. The molecule has 4 nitrogen and oxygen atoms in total. The van der Waals surface area contributed by atoms with Crippen LogP contribution in [-0.4, -0.2) is 35.8 Å². The number of carbonyl (C=O) groups excluding carboxylic acids is 2. The van der Waals surface area contributed by atoms with Crippen LogP contribution in [0.3, 0.4) is 0 Å². The summed E-state index contributed by atoms with van der Waals surface area (Å²) in [5.74, 6) is -0.0146. The van der Waals surface area contributed by atoms with Gasteiger partial charge in [-0.05, 0) is 37.1 Å². The largest absolute Gasteiger partial charge is 0.329 e. The van der Waals surface area contributed by atoms with E-state index in [0.29, 0.717) is 19.5 Å². The molecule has 0 bridgehead atoms. The van der Waals surface area contributed by atoms with Gasteiger partial charge in [-0.2, -0.15) is 0 Å². The molecule has 24 heavy (non-hydrogen) atoms. The number of aryl methyl sites for hydroxylation is 1. The molecule has 2 amide bonds. The summed E-state index contributed by atoms with van der Waals surface area (Å²) < 4.78 is 0. The molecule has 124 valence electrons. The number of hydrogen-bond acceptors (Lipinski definition) is 2. The zero-order valence-corrected chi connectivity index (χ0v) is 14.1. The van der Waals surface area contributed by atoms with E-state index in [2.05, 4.69) is 0 Å². The summed E-state index contributed by atoms with van der Waals surface area (Å²) in [5.41, 5.74) is 3.00. The van der Waals surface area contributed by atoms with Crippen molar-refractivity contribution in [1.29, 1.82) is 0 Å². The van der Waals surface area contributed by atoms with Crippen molar-refractivity contribution in [2.45, 2.75) is 26.3 Å². The van der Waals surface area contributed by atoms with Crippen LogP contribution >= 0.6 is 0 Å². The summed E-state index contributed by atoms with van der Waals surface area (Å²) >= 11 is 0. The molecule has 0 saturated carbocycles. The van der Waals surface area contributed by atoms with E-state index >= 15 is 0 Å². The van der Waals surface area contributed by atoms with Gasteiger partial charge in [-0.1, -0.05) is 42.5 Å². The molecule has 0 aliphatic carbocycles. The molecule has 4 heteroatoms. The number of carbonyl (C=O) groups is 2. The van der Waals surface area contributed by atoms with Gasteiger partial charge >= 0.3 is 0 Å². The second-order valence-electron chi connectivity index (χ2n) is 6.25. The maximum Gasteiger partial charge on any atom is 0.249 e. The number of benzene rings is 2. The fourth-order valence-electron chi connectivity index (χ4n) is 3.14. The van der Waals surface area contributed by atoms with E-state index in [1.165, 1.54) is 0 Å².